The maximum absolute atomic E-state index is 12.6. The zero-order valence-electron chi connectivity index (χ0n) is 10.9. The second-order valence-electron chi connectivity index (χ2n) is 3.82. The van der Waals surface area contributed by atoms with Gasteiger partial charge in [-0.05, 0) is 44.0 Å². The number of benzene rings is 1. The van der Waals surface area contributed by atoms with Gasteiger partial charge in [-0.2, -0.15) is 0 Å². The van der Waals surface area contributed by atoms with E-state index in [4.69, 9.17) is 14.8 Å². The molecule has 6 heteroatoms. The predicted molar refractivity (Wildman–Crippen MR) is 76.7 cm³/mol. The van der Waals surface area contributed by atoms with Crippen molar-refractivity contribution in [1.82, 2.24) is 0 Å². The monoisotopic (exact) mass is 335 g/mol. The topological polar surface area (TPSA) is 61.5 Å². The summed E-state index contributed by atoms with van der Waals surface area (Å²) >= 11 is 3.38. The summed E-state index contributed by atoms with van der Waals surface area (Å²) in [5, 5.41) is 0. The number of hydrogen-bond acceptors (Lipinski definition) is 4. The molecule has 0 saturated heterocycles. The van der Waals surface area contributed by atoms with E-state index in [2.05, 4.69) is 15.9 Å². The molecule has 4 nitrogen and oxygen atoms in total. The van der Waals surface area contributed by atoms with Crippen LogP contribution in [0.4, 0.5) is 0 Å². The van der Waals surface area contributed by atoms with E-state index in [0.29, 0.717) is 13.2 Å². The molecule has 0 amide bonds. The normalized spacial score (nSPS) is 13.6. The van der Waals surface area contributed by atoms with Crippen LogP contribution in [0.25, 0.3) is 0 Å². The first-order chi connectivity index (χ1) is 8.44. The fourth-order valence-corrected chi connectivity index (χ4v) is 3.77. The van der Waals surface area contributed by atoms with Crippen molar-refractivity contribution in [3.63, 3.8) is 0 Å². The Morgan fingerprint density at radius 3 is 2.39 bits per heavy atom. The van der Waals surface area contributed by atoms with E-state index in [1.165, 1.54) is 0 Å². The smallest absolute Gasteiger partial charge is 0.314 e. The Kier molecular flexibility index (Phi) is 6.02. The second kappa shape index (κ2) is 6.83. The standard InChI is InChI=1S/C12H19BrNO3P/c1-4-16-18(15,17-5-2)12(14)11-8-10(13)7-6-9(11)3/h6-8,12H,4-5,14H2,1-3H3/t12-/m1/s1. The van der Waals surface area contributed by atoms with Crippen molar-refractivity contribution in [2.45, 2.75) is 26.6 Å². The third-order valence-corrected chi connectivity index (χ3v) is 5.21. The Bertz CT molecular complexity index is 443. The highest BCUT2D eigenvalue weighted by Gasteiger charge is 2.34. The lowest BCUT2D eigenvalue weighted by molar-refractivity contribution is 0.212. The molecule has 0 heterocycles. The van der Waals surface area contributed by atoms with E-state index in [9.17, 15) is 4.57 Å². The van der Waals surface area contributed by atoms with Crippen LogP contribution >= 0.6 is 23.5 Å². The molecule has 2 N–H and O–H groups in total. The molecule has 0 aliphatic heterocycles. The van der Waals surface area contributed by atoms with Crippen molar-refractivity contribution >= 4 is 23.5 Å². The molecule has 102 valence electrons. The van der Waals surface area contributed by atoms with Crippen LogP contribution in [0, 0.1) is 6.92 Å². The number of halogens is 1. The van der Waals surface area contributed by atoms with E-state index >= 15 is 0 Å². The Balaban J connectivity index is 3.13. The summed E-state index contributed by atoms with van der Waals surface area (Å²) in [4.78, 5) is 0. The Labute approximate surface area is 117 Å². The van der Waals surface area contributed by atoms with Crippen molar-refractivity contribution < 1.29 is 13.6 Å². The first-order valence-corrected chi connectivity index (χ1v) is 8.25. The molecule has 0 fully saturated rings. The van der Waals surface area contributed by atoms with Crippen LogP contribution in [0.15, 0.2) is 22.7 Å². The van der Waals surface area contributed by atoms with Crippen LogP contribution in [0.1, 0.15) is 30.8 Å². The SMILES string of the molecule is CCOP(=O)(OCC)[C@@H](N)c1cc(Br)ccc1C. The molecule has 1 aromatic rings. The van der Waals surface area contributed by atoms with Crippen molar-refractivity contribution in [3.05, 3.63) is 33.8 Å². The maximum atomic E-state index is 12.6. The second-order valence-corrected chi connectivity index (χ2v) is 6.89. The van der Waals surface area contributed by atoms with E-state index in [1.54, 1.807) is 13.8 Å². The molecule has 18 heavy (non-hydrogen) atoms. The Hall–Kier alpha value is -0.190. The van der Waals surface area contributed by atoms with Gasteiger partial charge in [0.15, 0.2) is 0 Å². The van der Waals surface area contributed by atoms with E-state index in [1.807, 2.05) is 25.1 Å². The number of nitrogens with two attached hydrogens (primary N) is 1. The fraction of sp³-hybridized carbons (Fsp3) is 0.500. The summed E-state index contributed by atoms with van der Waals surface area (Å²) in [6.07, 6.45) is 0. The summed E-state index contributed by atoms with van der Waals surface area (Å²) in [6, 6.07) is 5.68. The summed E-state index contributed by atoms with van der Waals surface area (Å²) in [6.45, 7) is 6.07. The molecule has 0 saturated carbocycles. The van der Waals surface area contributed by atoms with E-state index < -0.39 is 13.4 Å². The van der Waals surface area contributed by atoms with Crippen LogP contribution in [0.5, 0.6) is 0 Å². The van der Waals surface area contributed by atoms with Gasteiger partial charge in [-0.1, -0.05) is 22.0 Å². The van der Waals surface area contributed by atoms with Gasteiger partial charge in [0, 0.05) is 4.47 Å². The van der Waals surface area contributed by atoms with Gasteiger partial charge in [0.2, 0.25) is 0 Å². The lowest BCUT2D eigenvalue weighted by Gasteiger charge is -2.24. The first kappa shape index (κ1) is 15.9. The number of hydrogen-bond donors (Lipinski definition) is 1. The van der Waals surface area contributed by atoms with Crippen molar-refractivity contribution in [2.75, 3.05) is 13.2 Å². The minimum absolute atomic E-state index is 0.304. The highest BCUT2D eigenvalue weighted by atomic mass is 79.9. The van der Waals surface area contributed by atoms with E-state index in [0.717, 1.165) is 15.6 Å². The molecule has 0 aliphatic rings. The largest absolute Gasteiger partial charge is 0.351 e. The van der Waals surface area contributed by atoms with Crippen LogP contribution in [0.3, 0.4) is 0 Å². The summed E-state index contributed by atoms with van der Waals surface area (Å²) in [5.74, 6) is -0.769. The average Bonchev–Trinajstić information content (AvgIpc) is 2.32. The summed E-state index contributed by atoms with van der Waals surface area (Å²) in [7, 11) is -3.32. The Morgan fingerprint density at radius 1 is 1.33 bits per heavy atom. The van der Waals surface area contributed by atoms with Gasteiger partial charge in [-0.15, -0.1) is 0 Å². The van der Waals surface area contributed by atoms with Gasteiger partial charge in [-0.25, -0.2) is 0 Å². The molecule has 0 aliphatic carbocycles. The van der Waals surface area contributed by atoms with Crippen molar-refractivity contribution in [1.29, 1.82) is 0 Å². The quantitative estimate of drug-likeness (QED) is 0.798. The third kappa shape index (κ3) is 3.65. The molecule has 1 rings (SSSR count). The minimum Gasteiger partial charge on any atom is -0.314 e. The lowest BCUT2D eigenvalue weighted by atomic mass is 10.1. The van der Waals surface area contributed by atoms with Crippen molar-refractivity contribution in [2.24, 2.45) is 5.73 Å². The molecular formula is C12H19BrNO3P. The van der Waals surface area contributed by atoms with Crippen LogP contribution < -0.4 is 5.73 Å². The van der Waals surface area contributed by atoms with Crippen LogP contribution in [-0.4, -0.2) is 13.2 Å². The minimum atomic E-state index is -3.32. The zero-order valence-corrected chi connectivity index (χ0v) is 13.3. The highest BCUT2D eigenvalue weighted by molar-refractivity contribution is 9.10. The van der Waals surface area contributed by atoms with Gasteiger partial charge < -0.3 is 14.8 Å². The van der Waals surface area contributed by atoms with Gasteiger partial charge >= 0.3 is 7.60 Å². The van der Waals surface area contributed by atoms with Crippen LogP contribution in [0.2, 0.25) is 0 Å². The highest BCUT2D eigenvalue weighted by Crippen LogP contribution is 2.58. The molecule has 0 aromatic heterocycles. The van der Waals surface area contributed by atoms with Crippen molar-refractivity contribution in [3.8, 4) is 0 Å². The molecule has 0 radical (unpaired) electrons. The molecule has 0 unspecified atom stereocenters. The third-order valence-electron chi connectivity index (χ3n) is 2.52. The van der Waals surface area contributed by atoms with Gasteiger partial charge in [0.1, 0.15) is 5.78 Å². The Morgan fingerprint density at radius 2 is 1.89 bits per heavy atom. The van der Waals surface area contributed by atoms with Crippen LogP contribution in [-0.2, 0) is 13.6 Å². The number of aryl methyl sites for hydroxylation is 1. The summed E-state index contributed by atoms with van der Waals surface area (Å²) < 4.78 is 24.0. The van der Waals surface area contributed by atoms with Gasteiger partial charge in [0.05, 0.1) is 13.2 Å². The average molecular weight is 336 g/mol. The predicted octanol–water partition coefficient (Wildman–Crippen LogP) is 3.98. The van der Waals surface area contributed by atoms with Gasteiger partial charge in [-0.3, -0.25) is 4.57 Å². The molecule has 1 atom stereocenters. The molecule has 1 aromatic carbocycles. The fourth-order valence-electron chi connectivity index (χ4n) is 1.66. The van der Waals surface area contributed by atoms with Gasteiger partial charge in [0.25, 0.3) is 0 Å². The molecular weight excluding hydrogens is 317 g/mol. The lowest BCUT2D eigenvalue weighted by Crippen LogP contribution is -2.16. The maximum Gasteiger partial charge on any atom is 0.351 e. The van der Waals surface area contributed by atoms with E-state index in [-0.39, 0.29) is 0 Å². The summed E-state index contributed by atoms with van der Waals surface area (Å²) in [5.41, 5.74) is 7.82. The first-order valence-electron chi connectivity index (χ1n) is 5.85. The molecule has 0 spiro atoms. The molecule has 0 bridgehead atoms. The number of rotatable bonds is 6. The zero-order chi connectivity index (χ0) is 13.8.